The lowest BCUT2D eigenvalue weighted by Gasteiger charge is -2.27. The van der Waals surface area contributed by atoms with Gasteiger partial charge < -0.3 is 5.32 Å². The van der Waals surface area contributed by atoms with Crippen LogP contribution in [0.4, 0.5) is 20.2 Å². The van der Waals surface area contributed by atoms with E-state index in [0.717, 1.165) is 41.9 Å². The summed E-state index contributed by atoms with van der Waals surface area (Å²) in [6.45, 7) is 3.79. The third-order valence-electron chi connectivity index (χ3n) is 5.21. The van der Waals surface area contributed by atoms with Crippen LogP contribution in [0.1, 0.15) is 38.7 Å². The Balaban J connectivity index is 1.62. The predicted octanol–water partition coefficient (Wildman–Crippen LogP) is 4.87. The summed E-state index contributed by atoms with van der Waals surface area (Å²) in [5.74, 6) is -1.52. The van der Waals surface area contributed by atoms with Gasteiger partial charge in [-0.3, -0.25) is 14.6 Å². The average molecular weight is 457 g/mol. The smallest absolute Gasteiger partial charge is 0.259 e. The number of rotatable bonds is 6. The summed E-state index contributed by atoms with van der Waals surface area (Å²) in [6, 6.07) is 9.79. The van der Waals surface area contributed by atoms with Gasteiger partial charge in [-0.15, -0.1) is 0 Å². The van der Waals surface area contributed by atoms with Crippen molar-refractivity contribution >= 4 is 46.0 Å². The van der Waals surface area contributed by atoms with E-state index >= 15 is 0 Å². The average Bonchev–Trinajstić information content (AvgIpc) is 3.11. The normalized spacial score (nSPS) is 17.9. The zero-order valence-corrected chi connectivity index (χ0v) is 18.5. The molecule has 0 bridgehead atoms. The molecule has 0 aromatic heterocycles. The van der Waals surface area contributed by atoms with Crippen molar-refractivity contribution in [3.05, 3.63) is 59.7 Å². The molecule has 2 aliphatic rings. The van der Waals surface area contributed by atoms with E-state index in [1.165, 1.54) is 4.90 Å². The largest absolute Gasteiger partial charge is 0.323 e. The minimum Gasteiger partial charge on any atom is -0.323 e. The van der Waals surface area contributed by atoms with Crippen molar-refractivity contribution in [1.29, 1.82) is 0 Å². The Labute approximate surface area is 188 Å². The van der Waals surface area contributed by atoms with Gasteiger partial charge in [0.2, 0.25) is 5.91 Å². The standard InChI is InChI=1S/C23H22F2N4O2S/c1-3-7-17-22(31)29-20(26-17)14-8-5-6-9-16(14)28-23(29)32-19(4-2)21(30)27-18-12-13(24)10-11-15(18)25/h5-6,8-12,17,19H,3-4,7H2,1-2H3,(H,27,30). The number of fused-ring (bicyclic) bond motifs is 3. The first-order valence-electron chi connectivity index (χ1n) is 10.4. The topological polar surface area (TPSA) is 74.1 Å². The molecule has 2 unspecified atom stereocenters. The van der Waals surface area contributed by atoms with Crippen LogP contribution in [0, 0.1) is 11.6 Å². The number of hydrogen-bond donors (Lipinski definition) is 1. The van der Waals surface area contributed by atoms with Crippen LogP contribution in [0.3, 0.4) is 0 Å². The fourth-order valence-electron chi connectivity index (χ4n) is 3.60. The fourth-order valence-corrected chi connectivity index (χ4v) is 4.62. The molecule has 2 heterocycles. The number of anilines is 1. The monoisotopic (exact) mass is 456 g/mol. The molecule has 32 heavy (non-hydrogen) atoms. The predicted molar refractivity (Wildman–Crippen MR) is 122 cm³/mol. The highest BCUT2D eigenvalue weighted by Crippen LogP contribution is 2.36. The first-order valence-corrected chi connectivity index (χ1v) is 11.3. The SMILES string of the molecule is CCCC1N=C2c3ccccc3N=C(SC(CC)C(=O)Nc3cc(F)ccc3F)N2C1=O. The summed E-state index contributed by atoms with van der Waals surface area (Å²) < 4.78 is 27.5. The van der Waals surface area contributed by atoms with Crippen LogP contribution in [-0.2, 0) is 9.59 Å². The molecule has 166 valence electrons. The minimum absolute atomic E-state index is 0.172. The third kappa shape index (κ3) is 4.17. The lowest BCUT2D eigenvalue weighted by Crippen LogP contribution is -2.42. The molecular weight excluding hydrogens is 434 g/mol. The van der Waals surface area contributed by atoms with E-state index in [2.05, 4.69) is 15.3 Å². The summed E-state index contributed by atoms with van der Waals surface area (Å²) in [6.07, 6.45) is 1.82. The Kier molecular flexibility index (Phi) is 6.36. The highest BCUT2D eigenvalue weighted by Gasteiger charge is 2.42. The maximum absolute atomic E-state index is 14.0. The molecule has 2 aromatic carbocycles. The maximum atomic E-state index is 14.0. The van der Waals surface area contributed by atoms with E-state index in [1.807, 2.05) is 31.2 Å². The molecule has 0 aliphatic carbocycles. The first-order chi connectivity index (χ1) is 15.4. The van der Waals surface area contributed by atoms with Crippen molar-refractivity contribution < 1.29 is 18.4 Å². The summed E-state index contributed by atoms with van der Waals surface area (Å²) >= 11 is 1.11. The van der Waals surface area contributed by atoms with Crippen molar-refractivity contribution in [3.63, 3.8) is 0 Å². The second-order valence-electron chi connectivity index (χ2n) is 7.47. The van der Waals surface area contributed by atoms with Crippen LogP contribution in [-0.4, -0.2) is 39.0 Å². The Hall–Kier alpha value is -3.07. The summed E-state index contributed by atoms with van der Waals surface area (Å²) in [4.78, 5) is 36.7. The summed E-state index contributed by atoms with van der Waals surface area (Å²) in [7, 11) is 0. The van der Waals surface area contributed by atoms with Crippen molar-refractivity contribution in [1.82, 2.24) is 4.90 Å². The number of para-hydroxylation sites is 1. The molecule has 0 radical (unpaired) electrons. The van der Waals surface area contributed by atoms with Crippen LogP contribution in [0.25, 0.3) is 0 Å². The third-order valence-corrected chi connectivity index (χ3v) is 6.52. The number of amides is 2. The van der Waals surface area contributed by atoms with Crippen LogP contribution in [0.5, 0.6) is 0 Å². The number of nitrogens with zero attached hydrogens (tertiary/aromatic N) is 3. The molecule has 0 fully saturated rings. The number of aliphatic imine (C=N–C) groups is 2. The lowest BCUT2D eigenvalue weighted by molar-refractivity contribution is -0.124. The maximum Gasteiger partial charge on any atom is 0.259 e. The lowest BCUT2D eigenvalue weighted by atomic mass is 10.1. The number of halogens is 2. The number of benzene rings is 2. The van der Waals surface area contributed by atoms with Gasteiger partial charge in [0.1, 0.15) is 23.5 Å². The van der Waals surface area contributed by atoms with Crippen LogP contribution < -0.4 is 5.32 Å². The molecule has 0 saturated heterocycles. The number of carbonyl (C=O) groups is 2. The van der Waals surface area contributed by atoms with Gasteiger partial charge >= 0.3 is 0 Å². The molecule has 2 amide bonds. The Bertz CT molecular complexity index is 1130. The fraction of sp³-hybridized carbons (Fsp3) is 0.304. The van der Waals surface area contributed by atoms with Crippen LogP contribution in [0.2, 0.25) is 0 Å². The zero-order valence-electron chi connectivity index (χ0n) is 17.6. The second kappa shape index (κ2) is 9.20. The molecule has 1 N–H and O–H groups in total. The molecular formula is C23H22F2N4O2S. The zero-order chi connectivity index (χ0) is 22.8. The number of nitrogens with one attached hydrogen (secondary N) is 1. The second-order valence-corrected chi connectivity index (χ2v) is 8.64. The Morgan fingerprint density at radius 2 is 2.00 bits per heavy atom. The van der Waals surface area contributed by atoms with E-state index in [-0.39, 0.29) is 11.6 Å². The van der Waals surface area contributed by atoms with Crippen molar-refractivity contribution in [2.45, 2.75) is 44.4 Å². The number of hydrogen-bond acceptors (Lipinski definition) is 5. The van der Waals surface area contributed by atoms with Crippen LogP contribution >= 0.6 is 11.8 Å². The number of thioether (sulfide) groups is 1. The summed E-state index contributed by atoms with van der Waals surface area (Å²) in [5, 5.41) is 2.12. The van der Waals surface area contributed by atoms with Crippen molar-refractivity contribution in [3.8, 4) is 0 Å². The van der Waals surface area contributed by atoms with E-state index < -0.39 is 28.8 Å². The Morgan fingerprint density at radius 1 is 1.22 bits per heavy atom. The quantitative estimate of drug-likeness (QED) is 0.674. The molecule has 4 rings (SSSR count). The van der Waals surface area contributed by atoms with Gasteiger partial charge in [-0.1, -0.05) is 44.2 Å². The van der Waals surface area contributed by atoms with E-state index in [4.69, 9.17) is 0 Å². The van der Waals surface area contributed by atoms with Gasteiger partial charge in [0.05, 0.1) is 16.6 Å². The van der Waals surface area contributed by atoms with Gasteiger partial charge in [-0.2, -0.15) is 0 Å². The Morgan fingerprint density at radius 3 is 2.75 bits per heavy atom. The van der Waals surface area contributed by atoms with Gasteiger partial charge in [-0.25, -0.2) is 18.7 Å². The van der Waals surface area contributed by atoms with Crippen molar-refractivity contribution in [2.24, 2.45) is 9.98 Å². The van der Waals surface area contributed by atoms with Crippen LogP contribution in [0.15, 0.2) is 52.4 Å². The summed E-state index contributed by atoms with van der Waals surface area (Å²) in [5.41, 5.74) is 1.21. The molecule has 2 aromatic rings. The molecule has 2 atom stereocenters. The molecule has 6 nitrogen and oxygen atoms in total. The van der Waals surface area contributed by atoms with Gasteiger partial charge in [0, 0.05) is 11.6 Å². The van der Waals surface area contributed by atoms with E-state index in [9.17, 15) is 18.4 Å². The molecule has 0 saturated carbocycles. The first kappa shape index (κ1) is 22.1. The van der Waals surface area contributed by atoms with Gasteiger partial charge in [-0.05, 0) is 37.1 Å². The number of amidine groups is 2. The van der Waals surface area contributed by atoms with E-state index in [1.54, 1.807) is 6.92 Å². The highest BCUT2D eigenvalue weighted by atomic mass is 32.2. The molecule has 0 spiro atoms. The van der Waals surface area contributed by atoms with E-state index in [0.29, 0.717) is 29.5 Å². The molecule has 2 aliphatic heterocycles. The van der Waals surface area contributed by atoms with Gasteiger partial charge in [0.25, 0.3) is 5.91 Å². The minimum atomic E-state index is -0.727. The number of carbonyl (C=O) groups excluding carboxylic acids is 2. The van der Waals surface area contributed by atoms with Gasteiger partial charge in [0.15, 0.2) is 5.17 Å². The molecule has 9 heteroatoms. The highest BCUT2D eigenvalue weighted by molar-refractivity contribution is 8.15. The van der Waals surface area contributed by atoms with Crippen molar-refractivity contribution in [2.75, 3.05) is 5.32 Å².